The van der Waals surface area contributed by atoms with Crippen LogP contribution in [-0.2, 0) is 22.4 Å². The number of carboxylic acids is 1. The molecular formula is C18H23NO3. The van der Waals surface area contributed by atoms with Gasteiger partial charge in [-0.2, -0.15) is 0 Å². The summed E-state index contributed by atoms with van der Waals surface area (Å²) < 4.78 is 0. The third-order valence-corrected chi connectivity index (χ3v) is 5.07. The summed E-state index contributed by atoms with van der Waals surface area (Å²) >= 11 is 0. The molecule has 0 bridgehead atoms. The molecular weight excluding hydrogens is 278 g/mol. The molecule has 2 aliphatic rings. The summed E-state index contributed by atoms with van der Waals surface area (Å²) in [6.45, 7) is 0. The van der Waals surface area contributed by atoms with Gasteiger partial charge in [-0.1, -0.05) is 25.0 Å². The van der Waals surface area contributed by atoms with E-state index in [4.69, 9.17) is 0 Å². The molecule has 1 aromatic rings. The molecule has 2 atom stereocenters. The van der Waals surface area contributed by atoms with Crippen molar-refractivity contribution in [3.63, 3.8) is 0 Å². The molecule has 2 aliphatic carbocycles. The van der Waals surface area contributed by atoms with E-state index < -0.39 is 17.8 Å². The third kappa shape index (κ3) is 3.01. The molecule has 1 fully saturated rings. The van der Waals surface area contributed by atoms with Gasteiger partial charge in [0.25, 0.3) is 0 Å². The van der Waals surface area contributed by atoms with Gasteiger partial charge in [0.05, 0.1) is 11.8 Å². The maximum absolute atomic E-state index is 12.6. The van der Waals surface area contributed by atoms with Crippen molar-refractivity contribution in [1.82, 2.24) is 0 Å². The van der Waals surface area contributed by atoms with Crippen LogP contribution >= 0.6 is 0 Å². The maximum atomic E-state index is 12.6. The van der Waals surface area contributed by atoms with E-state index >= 15 is 0 Å². The third-order valence-electron chi connectivity index (χ3n) is 5.07. The zero-order valence-corrected chi connectivity index (χ0v) is 12.8. The van der Waals surface area contributed by atoms with Gasteiger partial charge in [0.2, 0.25) is 5.91 Å². The molecule has 2 N–H and O–H groups in total. The second-order valence-corrected chi connectivity index (χ2v) is 6.48. The first-order valence-corrected chi connectivity index (χ1v) is 8.31. The van der Waals surface area contributed by atoms with Crippen molar-refractivity contribution in [2.24, 2.45) is 11.8 Å². The Labute approximate surface area is 130 Å². The number of carbonyl (C=O) groups excluding carboxylic acids is 1. The van der Waals surface area contributed by atoms with Crippen molar-refractivity contribution in [2.45, 2.75) is 51.4 Å². The SMILES string of the molecule is O=C(O)[C@@H]1CCCC[C@H]1C(=O)Nc1cccc2c1CCCC2. The summed E-state index contributed by atoms with van der Waals surface area (Å²) in [7, 11) is 0. The lowest BCUT2D eigenvalue weighted by molar-refractivity contribution is -0.147. The number of anilines is 1. The zero-order valence-electron chi connectivity index (χ0n) is 12.8. The smallest absolute Gasteiger partial charge is 0.307 e. The fourth-order valence-electron chi connectivity index (χ4n) is 3.86. The second kappa shape index (κ2) is 6.51. The van der Waals surface area contributed by atoms with Crippen molar-refractivity contribution in [1.29, 1.82) is 0 Å². The highest BCUT2D eigenvalue weighted by Gasteiger charge is 2.35. The minimum Gasteiger partial charge on any atom is -0.481 e. The van der Waals surface area contributed by atoms with E-state index in [0.717, 1.165) is 37.8 Å². The fourth-order valence-corrected chi connectivity index (χ4v) is 3.86. The molecule has 0 unspecified atom stereocenters. The zero-order chi connectivity index (χ0) is 15.5. The average molecular weight is 301 g/mol. The van der Waals surface area contributed by atoms with E-state index in [-0.39, 0.29) is 5.91 Å². The molecule has 1 amide bonds. The van der Waals surface area contributed by atoms with Crippen molar-refractivity contribution in [2.75, 3.05) is 5.32 Å². The van der Waals surface area contributed by atoms with Crippen LogP contribution in [0.15, 0.2) is 18.2 Å². The highest BCUT2D eigenvalue weighted by molar-refractivity contribution is 5.96. The number of aliphatic carboxylic acids is 1. The van der Waals surface area contributed by atoms with Crippen LogP contribution in [0.2, 0.25) is 0 Å². The first kappa shape index (κ1) is 15.1. The molecule has 118 valence electrons. The molecule has 4 nitrogen and oxygen atoms in total. The van der Waals surface area contributed by atoms with Gasteiger partial charge in [-0.3, -0.25) is 9.59 Å². The van der Waals surface area contributed by atoms with Gasteiger partial charge in [0.1, 0.15) is 0 Å². The molecule has 1 saturated carbocycles. The standard InChI is InChI=1S/C18H23NO3/c20-17(14-9-3-4-10-15(14)18(21)22)19-16-11-5-7-12-6-1-2-8-13(12)16/h5,7,11,14-15H,1-4,6,8-10H2,(H,19,20)(H,21,22)/t14-,15-/m1/s1. The van der Waals surface area contributed by atoms with Crippen LogP contribution in [0.25, 0.3) is 0 Å². The van der Waals surface area contributed by atoms with Crippen LogP contribution in [0.1, 0.15) is 49.7 Å². The van der Waals surface area contributed by atoms with Crippen LogP contribution in [-0.4, -0.2) is 17.0 Å². The summed E-state index contributed by atoms with van der Waals surface area (Å²) in [6.07, 6.45) is 7.56. The fraction of sp³-hybridized carbons (Fsp3) is 0.556. The Balaban J connectivity index is 1.78. The van der Waals surface area contributed by atoms with Gasteiger partial charge < -0.3 is 10.4 Å². The van der Waals surface area contributed by atoms with Gasteiger partial charge in [-0.25, -0.2) is 0 Å². The van der Waals surface area contributed by atoms with Gasteiger partial charge in [-0.05, 0) is 55.7 Å². The molecule has 0 heterocycles. The maximum Gasteiger partial charge on any atom is 0.307 e. The number of nitrogens with one attached hydrogen (secondary N) is 1. The largest absolute Gasteiger partial charge is 0.481 e. The van der Waals surface area contributed by atoms with E-state index in [2.05, 4.69) is 11.4 Å². The number of aryl methyl sites for hydroxylation is 1. The van der Waals surface area contributed by atoms with E-state index in [9.17, 15) is 14.7 Å². The van der Waals surface area contributed by atoms with E-state index in [0.29, 0.717) is 12.8 Å². The lowest BCUT2D eigenvalue weighted by Crippen LogP contribution is -2.36. The number of rotatable bonds is 3. The Hall–Kier alpha value is -1.84. The van der Waals surface area contributed by atoms with Gasteiger partial charge >= 0.3 is 5.97 Å². The number of carboxylic acid groups (broad SMARTS) is 1. The Bertz CT molecular complexity index is 582. The van der Waals surface area contributed by atoms with Crippen LogP contribution < -0.4 is 5.32 Å². The van der Waals surface area contributed by atoms with E-state index in [1.54, 1.807) is 0 Å². The molecule has 22 heavy (non-hydrogen) atoms. The Kier molecular flexibility index (Phi) is 4.46. The first-order valence-electron chi connectivity index (χ1n) is 8.31. The van der Waals surface area contributed by atoms with Crippen LogP contribution in [0.4, 0.5) is 5.69 Å². The Morgan fingerprint density at radius 3 is 2.50 bits per heavy atom. The number of fused-ring (bicyclic) bond motifs is 1. The normalized spacial score (nSPS) is 24.4. The number of amides is 1. The van der Waals surface area contributed by atoms with Gasteiger partial charge in [-0.15, -0.1) is 0 Å². The summed E-state index contributed by atoms with van der Waals surface area (Å²) in [6, 6.07) is 6.06. The van der Waals surface area contributed by atoms with Crippen molar-refractivity contribution in [3.8, 4) is 0 Å². The van der Waals surface area contributed by atoms with Crippen molar-refractivity contribution >= 4 is 17.6 Å². The molecule has 0 saturated heterocycles. The van der Waals surface area contributed by atoms with Crippen LogP contribution in [0.3, 0.4) is 0 Å². The molecule has 0 radical (unpaired) electrons. The van der Waals surface area contributed by atoms with E-state index in [1.165, 1.54) is 17.5 Å². The molecule has 4 heteroatoms. The number of benzene rings is 1. The molecule has 0 aromatic heterocycles. The summed E-state index contributed by atoms with van der Waals surface area (Å²) in [5.41, 5.74) is 3.45. The lowest BCUT2D eigenvalue weighted by atomic mass is 9.78. The number of carbonyl (C=O) groups is 2. The van der Waals surface area contributed by atoms with Crippen LogP contribution in [0, 0.1) is 11.8 Å². The van der Waals surface area contributed by atoms with Gasteiger partial charge in [0, 0.05) is 5.69 Å². The quantitative estimate of drug-likeness (QED) is 0.899. The van der Waals surface area contributed by atoms with Crippen molar-refractivity contribution < 1.29 is 14.7 Å². The van der Waals surface area contributed by atoms with Crippen LogP contribution in [0.5, 0.6) is 0 Å². The summed E-state index contributed by atoms with van der Waals surface area (Å²) in [5, 5.41) is 12.4. The van der Waals surface area contributed by atoms with E-state index in [1.807, 2.05) is 12.1 Å². The molecule has 0 spiro atoms. The average Bonchev–Trinajstić information content (AvgIpc) is 2.55. The predicted molar refractivity (Wildman–Crippen MR) is 84.8 cm³/mol. The minimum absolute atomic E-state index is 0.119. The monoisotopic (exact) mass is 301 g/mol. The Morgan fingerprint density at radius 2 is 1.73 bits per heavy atom. The first-order chi connectivity index (χ1) is 10.7. The highest BCUT2D eigenvalue weighted by atomic mass is 16.4. The molecule has 3 rings (SSSR count). The summed E-state index contributed by atoms with van der Waals surface area (Å²) in [4.78, 5) is 24.0. The number of hydrogen-bond acceptors (Lipinski definition) is 2. The minimum atomic E-state index is -0.838. The number of hydrogen-bond donors (Lipinski definition) is 2. The predicted octanol–water partition coefficient (Wildman–Crippen LogP) is 3.39. The molecule has 1 aromatic carbocycles. The highest BCUT2D eigenvalue weighted by Crippen LogP contribution is 2.33. The lowest BCUT2D eigenvalue weighted by Gasteiger charge is -2.28. The Morgan fingerprint density at radius 1 is 1.00 bits per heavy atom. The second-order valence-electron chi connectivity index (χ2n) is 6.48. The van der Waals surface area contributed by atoms with Crippen molar-refractivity contribution in [3.05, 3.63) is 29.3 Å². The van der Waals surface area contributed by atoms with Gasteiger partial charge in [0.15, 0.2) is 0 Å². The molecule has 0 aliphatic heterocycles. The topological polar surface area (TPSA) is 66.4 Å². The summed E-state index contributed by atoms with van der Waals surface area (Å²) in [5.74, 6) is -1.89.